The fourth-order valence-electron chi connectivity index (χ4n) is 2.88. The number of nitrogens with one attached hydrogen (secondary N) is 1. The molecule has 2 aromatic rings. The van der Waals surface area contributed by atoms with Crippen LogP contribution in [-0.4, -0.2) is 21.9 Å². The van der Waals surface area contributed by atoms with Gasteiger partial charge in [-0.05, 0) is 37.3 Å². The Kier molecular flexibility index (Phi) is 4.30. The first kappa shape index (κ1) is 16.1. The number of aryl methyl sites for hydroxylation is 1. The maximum absolute atomic E-state index is 12.4. The molecule has 8 heteroatoms. The summed E-state index contributed by atoms with van der Waals surface area (Å²) in [6, 6.07) is 5.59. The van der Waals surface area contributed by atoms with Crippen LogP contribution in [0.15, 0.2) is 24.3 Å². The minimum absolute atomic E-state index is 0.0924. The van der Waals surface area contributed by atoms with Gasteiger partial charge in [0.15, 0.2) is 0 Å². The van der Waals surface area contributed by atoms with E-state index in [0.29, 0.717) is 6.42 Å². The van der Waals surface area contributed by atoms with Gasteiger partial charge in [0, 0.05) is 10.9 Å². The molecule has 7 nitrogen and oxygen atoms in total. The second-order valence-electron chi connectivity index (χ2n) is 5.45. The van der Waals surface area contributed by atoms with Gasteiger partial charge in [-0.25, -0.2) is 4.79 Å². The number of fused-ring (bicyclic) bond motifs is 1. The Balaban J connectivity index is 1.97. The minimum atomic E-state index is -1.09. The van der Waals surface area contributed by atoms with Crippen molar-refractivity contribution >= 4 is 33.9 Å². The van der Waals surface area contributed by atoms with Crippen LogP contribution in [0.2, 0.25) is 0 Å². The third-order valence-electron chi connectivity index (χ3n) is 3.96. The predicted molar refractivity (Wildman–Crippen MR) is 89.0 cm³/mol. The molecular formula is C16H14N2O5S. The van der Waals surface area contributed by atoms with Crippen molar-refractivity contribution in [2.45, 2.75) is 25.7 Å². The molecule has 1 aromatic heterocycles. The SMILES string of the molecule is O=C(Nc1sc2c(c1C(=O)O)CCCC2)c1ccccc1[N+](=O)[O-]. The maximum atomic E-state index is 12.4. The van der Waals surface area contributed by atoms with Crippen LogP contribution >= 0.6 is 11.3 Å². The van der Waals surface area contributed by atoms with E-state index < -0.39 is 16.8 Å². The summed E-state index contributed by atoms with van der Waals surface area (Å²) >= 11 is 1.24. The number of hydrogen-bond donors (Lipinski definition) is 2. The summed E-state index contributed by atoms with van der Waals surface area (Å²) in [6.07, 6.45) is 3.38. The van der Waals surface area contributed by atoms with Gasteiger partial charge in [0.1, 0.15) is 10.6 Å². The summed E-state index contributed by atoms with van der Waals surface area (Å²) < 4.78 is 0. The second-order valence-corrected chi connectivity index (χ2v) is 6.55. The zero-order chi connectivity index (χ0) is 17.3. The predicted octanol–water partition coefficient (Wildman–Crippen LogP) is 3.49. The lowest BCUT2D eigenvalue weighted by Gasteiger charge is -2.10. The van der Waals surface area contributed by atoms with Crippen LogP contribution in [0.5, 0.6) is 0 Å². The smallest absolute Gasteiger partial charge is 0.339 e. The van der Waals surface area contributed by atoms with Crippen molar-refractivity contribution in [3.8, 4) is 0 Å². The molecule has 0 bridgehead atoms. The van der Waals surface area contributed by atoms with Crippen LogP contribution in [0, 0.1) is 10.1 Å². The van der Waals surface area contributed by atoms with Crippen molar-refractivity contribution in [1.82, 2.24) is 0 Å². The van der Waals surface area contributed by atoms with Gasteiger partial charge in [-0.15, -0.1) is 11.3 Å². The zero-order valence-corrected chi connectivity index (χ0v) is 13.4. The maximum Gasteiger partial charge on any atom is 0.339 e. The summed E-state index contributed by atoms with van der Waals surface area (Å²) in [4.78, 5) is 35.4. The zero-order valence-electron chi connectivity index (χ0n) is 12.6. The normalized spacial score (nSPS) is 13.2. The largest absolute Gasteiger partial charge is 0.478 e. The van der Waals surface area contributed by atoms with E-state index in [1.165, 1.54) is 35.6 Å². The topological polar surface area (TPSA) is 110 Å². The number of para-hydroxylation sites is 1. The molecule has 124 valence electrons. The van der Waals surface area contributed by atoms with Gasteiger partial charge in [0.05, 0.1) is 10.5 Å². The van der Waals surface area contributed by atoms with E-state index in [-0.39, 0.29) is 21.8 Å². The summed E-state index contributed by atoms with van der Waals surface area (Å²) in [5.74, 6) is -1.77. The number of carbonyl (C=O) groups excluding carboxylic acids is 1. The van der Waals surface area contributed by atoms with Gasteiger partial charge in [0.2, 0.25) is 0 Å². The van der Waals surface area contributed by atoms with E-state index in [1.54, 1.807) is 0 Å². The van der Waals surface area contributed by atoms with E-state index in [9.17, 15) is 24.8 Å². The number of carbonyl (C=O) groups is 2. The molecular weight excluding hydrogens is 332 g/mol. The van der Waals surface area contributed by atoms with Crippen LogP contribution in [0.3, 0.4) is 0 Å². The first-order chi connectivity index (χ1) is 11.5. The third kappa shape index (κ3) is 2.88. The van der Waals surface area contributed by atoms with Gasteiger partial charge in [-0.1, -0.05) is 12.1 Å². The molecule has 0 atom stereocenters. The Morgan fingerprint density at radius 2 is 1.92 bits per heavy atom. The summed E-state index contributed by atoms with van der Waals surface area (Å²) in [5.41, 5.74) is 0.483. The molecule has 1 amide bonds. The number of amides is 1. The number of nitro groups is 1. The molecule has 0 unspecified atom stereocenters. The van der Waals surface area contributed by atoms with Crippen LogP contribution in [0.4, 0.5) is 10.7 Å². The number of carboxylic acid groups (broad SMARTS) is 1. The Bertz CT molecular complexity index is 843. The van der Waals surface area contributed by atoms with Gasteiger partial charge >= 0.3 is 5.97 Å². The molecule has 0 radical (unpaired) electrons. The highest BCUT2D eigenvalue weighted by molar-refractivity contribution is 7.17. The Morgan fingerprint density at radius 3 is 2.62 bits per heavy atom. The fraction of sp³-hybridized carbons (Fsp3) is 0.250. The Labute approximate surface area is 141 Å². The third-order valence-corrected chi connectivity index (χ3v) is 5.16. The number of anilines is 1. The number of nitro benzene ring substituents is 1. The van der Waals surface area contributed by atoms with E-state index in [2.05, 4.69) is 5.32 Å². The average molecular weight is 346 g/mol. The molecule has 3 rings (SSSR count). The molecule has 0 saturated carbocycles. The van der Waals surface area contributed by atoms with Crippen LogP contribution in [-0.2, 0) is 12.8 Å². The number of benzene rings is 1. The first-order valence-electron chi connectivity index (χ1n) is 7.41. The van der Waals surface area contributed by atoms with Crippen molar-refractivity contribution < 1.29 is 19.6 Å². The van der Waals surface area contributed by atoms with Gasteiger partial charge in [-0.3, -0.25) is 14.9 Å². The molecule has 1 heterocycles. The van der Waals surface area contributed by atoms with Crippen LogP contribution in [0.1, 0.15) is 44.0 Å². The van der Waals surface area contributed by atoms with Crippen LogP contribution in [0.25, 0.3) is 0 Å². The molecule has 0 aliphatic heterocycles. The highest BCUT2D eigenvalue weighted by Gasteiger charge is 2.27. The van der Waals surface area contributed by atoms with Crippen LogP contribution < -0.4 is 5.32 Å². The van der Waals surface area contributed by atoms with E-state index in [4.69, 9.17) is 0 Å². The average Bonchev–Trinajstić information content (AvgIpc) is 2.92. The summed E-state index contributed by atoms with van der Waals surface area (Å²) in [5, 5.41) is 23.3. The van der Waals surface area contributed by atoms with Gasteiger partial charge in [-0.2, -0.15) is 0 Å². The molecule has 1 aromatic carbocycles. The van der Waals surface area contributed by atoms with E-state index >= 15 is 0 Å². The van der Waals surface area contributed by atoms with E-state index in [0.717, 1.165) is 29.7 Å². The number of thiophene rings is 1. The minimum Gasteiger partial charge on any atom is -0.478 e. The Morgan fingerprint density at radius 1 is 1.21 bits per heavy atom. The highest BCUT2D eigenvalue weighted by atomic mass is 32.1. The molecule has 0 fully saturated rings. The van der Waals surface area contributed by atoms with Gasteiger partial charge < -0.3 is 10.4 Å². The monoisotopic (exact) mass is 346 g/mol. The highest BCUT2D eigenvalue weighted by Crippen LogP contribution is 2.38. The number of carboxylic acids is 1. The lowest BCUT2D eigenvalue weighted by Crippen LogP contribution is -2.15. The number of hydrogen-bond acceptors (Lipinski definition) is 5. The first-order valence-corrected chi connectivity index (χ1v) is 8.23. The summed E-state index contributed by atoms with van der Waals surface area (Å²) in [7, 11) is 0. The van der Waals surface area contributed by atoms with Crippen molar-refractivity contribution in [2.24, 2.45) is 0 Å². The van der Waals surface area contributed by atoms with Crippen molar-refractivity contribution in [3.05, 3.63) is 55.9 Å². The van der Waals surface area contributed by atoms with Crippen molar-refractivity contribution in [2.75, 3.05) is 5.32 Å². The molecule has 2 N–H and O–H groups in total. The fourth-order valence-corrected chi connectivity index (χ4v) is 4.15. The number of aromatic carboxylic acids is 1. The standard InChI is InChI=1S/C16H14N2O5S/c19-14(9-5-1-3-7-11(9)18(22)23)17-15-13(16(20)21)10-6-2-4-8-12(10)24-15/h1,3,5,7H,2,4,6,8H2,(H,17,19)(H,20,21). The molecule has 0 spiro atoms. The number of rotatable bonds is 4. The van der Waals surface area contributed by atoms with Crippen molar-refractivity contribution in [1.29, 1.82) is 0 Å². The lowest BCUT2D eigenvalue weighted by molar-refractivity contribution is -0.385. The summed E-state index contributed by atoms with van der Waals surface area (Å²) in [6.45, 7) is 0. The van der Waals surface area contributed by atoms with E-state index in [1.807, 2.05) is 0 Å². The Hall–Kier alpha value is -2.74. The lowest BCUT2D eigenvalue weighted by atomic mass is 9.95. The molecule has 1 aliphatic rings. The van der Waals surface area contributed by atoms with Gasteiger partial charge in [0.25, 0.3) is 11.6 Å². The molecule has 1 aliphatic carbocycles. The molecule has 0 saturated heterocycles. The quantitative estimate of drug-likeness (QED) is 0.650. The molecule has 24 heavy (non-hydrogen) atoms. The van der Waals surface area contributed by atoms with Crippen molar-refractivity contribution in [3.63, 3.8) is 0 Å². The number of nitrogens with zero attached hydrogens (tertiary/aromatic N) is 1. The second kappa shape index (κ2) is 6.40.